The van der Waals surface area contributed by atoms with Crippen LogP contribution in [-0.2, 0) is 4.74 Å². The van der Waals surface area contributed by atoms with Crippen molar-refractivity contribution in [1.82, 2.24) is 4.98 Å². The molecule has 1 aromatic heterocycles. The number of anilines is 1. The van der Waals surface area contributed by atoms with Gasteiger partial charge >= 0.3 is 0 Å². The van der Waals surface area contributed by atoms with Crippen molar-refractivity contribution in [2.45, 2.75) is 13.3 Å². The molecule has 0 amide bonds. The highest BCUT2D eigenvalue weighted by Crippen LogP contribution is 2.18. The SMILES string of the molecule is COCCN(CCC(N)=NO)c1ccncc1C. The van der Waals surface area contributed by atoms with E-state index in [0.717, 1.165) is 17.8 Å². The predicted octanol–water partition coefficient (Wildman–Crippen LogP) is 0.979. The van der Waals surface area contributed by atoms with Crippen molar-refractivity contribution in [1.29, 1.82) is 0 Å². The highest BCUT2D eigenvalue weighted by atomic mass is 16.5. The summed E-state index contributed by atoms with van der Waals surface area (Å²) >= 11 is 0. The minimum atomic E-state index is 0.226. The smallest absolute Gasteiger partial charge is 0.140 e. The normalized spacial score (nSPS) is 11.6. The molecule has 0 saturated heterocycles. The lowest BCUT2D eigenvalue weighted by molar-refractivity contribution is 0.205. The average Bonchev–Trinajstić information content (AvgIpc) is 2.39. The van der Waals surface area contributed by atoms with Gasteiger partial charge < -0.3 is 20.6 Å². The molecule has 3 N–H and O–H groups in total. The van der Waals surface area contributed by atoms with E-state index in [9.17, 15) is 0 Å². The summed E-state index contributed by atoms with van der Waals surface area (Å²) in [5.74, 6) is 0.226. The van der Waals surface area contributed by atoms with Crippen LogP contribution >= 0.6 is 0 Å². The lowest BCUT2D eigenvalue weighted by Gasteiger charge is -2.25. The van der Waals surface area contributed by atoms with Crippen molar-refractivity contribution < 1.29 is 9.94 Å². The second kappa shape index (κ2) is 7.50. The number of hydrogen-bond acceptors (Lipinski definition) is 5. The first-order valence-electron chi connectivity index (χ1n) is 5.80. The zero-order valence-corrected chi connectivity index (χ0v) is 10.8. The summed E-state index contributed by atoms with van der Waals surface area (Å²) in [5, 5.41) is 11.5. The number of aryl methyl sites for hydroxylation is 1. The van der Waals surface area contributed by atoms with Gasteiger partial charge in [-0.1, -0.05) is 5.16 Å². The molecule has 0 saturated carbocycles. The number of ether oxygens (including phenoxy) is 1. The van der Waals surface area contributed by atoms with Crippen molar-refractivity contribution in [3.8, 4) is 0 Å². The Morgan fingerprint density at radius 1 is 1.56 bits per heavy atom. The number of oxime groups is 1. The largest absolute Gasteiger partial charge is 0.409 e. The summed E-state index contributed by atoms with van der Waals surface area (Å²) < 4.78 is 5.10. The van der Waals surface area contributed by atoms with E-state index in [1.165, 1.54) is 0 Å². The van der Waals surface area contributed by atoms with E-state index in [1.54, 1.807) is 13.3 Å². The number of nitrogens with two attached hydrogens (primary N) is 1. The Morgan fingerprint density at radius 2 is 2.33 bits per heavy atom. The minimum Gasteiger partial charge on any atom is -0.409 e. The minimum absolute atomic E-state index is 0.226. The van der Waals surface area contributed by atoms with Crippen molar-refractivity contribution in [2.24, 2.45) is 10.9 Å². The molecule has 18 heavy (non-hydrogen) atoms. The first-order chi connectivity index (χ1) is 8.69. The second-order valence-electron chi connectivity index (χ2n) is 3.98. The van der Waals surface area contributed by atoms with Gasteiger partial charge in [0, 0.05) is 44.7 Å². The zero-order valence-electron chi connectivity index (χ0n) is 10.8. The molecule has 0 aliphatic heterocycles. The molecule has 6 nitrogen and oxygen atoms in total. The van der Waals surface area contributed by atoms with Gasteiger partial charge in [-0.2, -0.15) is 0 Å². The van der Waals surface area contributed by atoms with Crippen LogP contribution < -0.4 is 10.6 Å². The fraction of sp³-hybridized carbons (Fsp3) is 0.500. The molecule has 100 valence electrons. The molecule has 1 rings (SSSR count). The third-order valence-electron chi connectivity index (χ3n) is 2.66. The van der Waals surface area contributed by atoms with Crippen LogP contribution in [-0.4, -0.2) is 42.8 Å². The Hall–Kier alpha value is -1.82. The van der Waals surface area contributed by atoms with Gasteiger partial charge in [0.05, 0.1) is 6.61 Å². The number of aromatic nitrogens is 1. The maximum absolute atomic E-state index is 8.56. The highest BCUT2D eigenvalue weighted by Gasteiger charge is 2.09. The van der Waals surface area contributed by atoms with Crippen molar-refractivity contribution in [3.05, 3.63) is 24.0 Å². The van der Waals surface area contributed by atoms with Crippen LogP contribution in [0.25, 0.3) is 0 Å². The zero-order chi connectivity index (χ0) is 13.4. The molecule has 1 aromatic rings. The van der Waals surface area contributed by atoms with Gasteiger partial charge in [-0.05, 0) is 18.6 Å². The van der Waals surface area contributed by atoms with E-state index in [0.29, 0.717) is 19.6 Å². The average molecular weight is 252 g/mol. The van der Waals surface area contributed by atoms with E-state index >= 15 is 0 Å². The molecule has 0 spiro atoms. The molecule has 0 unspecified atom stereocenters. The van der Waals surface area contributed by atoms with Crippen LogP contribution in [0.15, 0.2) is 23.6 Å². The van der Waals surface area contributed by atoms with Gasteiger partial charge in [0.25, 0.3) is 0 Å². The third-order valence-corrected chi connectivity index (χ3v) is 2.66. The van der Waals surface area contributed by atoms with E-state index < -0.39 is 0 Å². The summed E-state index contributed by atoms with van der Waals surface area (Å²) in [5.41, 5.74) is 7.68. The summed E-state index contributed by atoms with van der Waals surface area (Å²) in [7, 11) is 1.67. The first kappa shape index (κ1) is 14.2. The predicted molar refractivity (Wildman–Crippen MR) is 71.1 cm³/mol. The van der Waals surface area contributed by atoms with E-state index in [2.05, 4.69) is 15.0 Å². The van der Waals surface area contributed by atoms with Crippen molar-refractivity contribution >= 4 is 11.5 Å². The third kappa shape index (κ3) is 4.21. The molecule has 0 bridgehead atoms. The number of nitrogens with zero attached hydrogens (tertiary/aromatic N) is 3. The Balaban J connectivity index is 2.74. The number of pyridine rings is 1. The molecule has 0 aromatic carbocycles. The summed E-state index contributed by atoms with van der Waals surface area (Å²) in [6, 6.07) is 1.96. The monoisotopic (exact) mass is 252 g/mol. The van der Waals surface area contributed by atoms with Gasteiger partial charge in [-0.3, -0.25) is 4.98 Å². The van der Waals surface area contributed by atoms with E-state index in [1.807, 2.05) is 19.2 Å². The Morgan fingerprint density at radius 3 is 2.94 bits per heavy atom. The Kier molecular flexibility index (Phi) is 5.93. The van der Waals surface area contributed by atoms with Crippen LogP contribution in [0.1, 0.15) is 12.0 Å². The molecular formula is C12H20N4O2. The Labute approximate surface area is 107 Å². The molecule has 6 heteroatoms. The van der Waals surface area contributed by atoms with Gasteiger partial charge in [-0.15, -0.1) is 0 Å². The van der Waals surface area contributed by atoms with Crippen molar-refractivity contribution in [2.75, 3.05) is 31.7 Å². The van der Waals surface area contributed by atoms with Crippen LogP contribution in [0.2, 0.25) is 0 Å². The highest BCUT2D eigenvalue weighted by molar-refractivity contribution is 5.80. The quantitative estimate of drug-likeness (QED) is 0.327. The van der Waals surface area contributed by atoms with Gasteiger partial charge in [0.1, 0.15) is 5.84 Å². The van der Waals surface area contributed by atoms with Gasteiger partial charge in [0.15, 0.2) is 0 Å². The summed E-state index contributed by atoms with van der Waals surface area (Å²) in [6.07, 6.45) is 4.08. The molecule has 1 heterocycles. The van der Waals surface area contributed by atoms with Crippen LogP contribution in [0, 0.1) is 6.92 Å². The maximum Gasteiger partial charge on any atom is 0.140 e. The molecule has 0 radical (unpaired) electrons. The fourth-order valence-electron chi connectivity index (χ4n) is 1.67. The number of hydrogen-bond donors (Lipinski definition) is 2. The summed E-state index contributed by atoms with van der Waals surface area (Å²) in [4.78, 5) is 6.21. The van der Waals surface area contributed by atoms with Gasteiger partial charge in [0.2, 0.25) is 0 Å². The van der Waals surface area contributed by atoms with E-state index in [4.69, 9.17) is 15.7 Å². The molecule has 0 atom stereocenters. The van der Waals surface area contributed by atoms with Gasteiger partial charge in [-0.25, -0.2) is 0 Å². The lowest BCUT2D eigenvalue weighted by atomic mass is 10.2. The molecule has 0 aliphatic carbocycles. The maximum atomic E-state index is 8.56. The summed E-state index contributed by atoms with van der Waals surface area (Å²) in [6.45, 7) is 4.05. The van der Waals surface area contributed by atoms with Crippen LogP contribution in [0.3, 0.4) is 0 Å². The van der Waals surface area contributed by atoms with E-state index in [-0.39, 0.29) is 5.84 Å². The number of amidine groups is 1. The van der Waals surface area contributed by atoms with Crippen LogP contribution in [0.4, 0.5) is 5.69 Å². The van der Waals surface area contributed by atoms with Crippen LogP contribution in [0.5, 0.6) is 0 Å². The standard InChI is InChI=1S/C12H20N4O2/c1-10-9-14-5-3-11(10)16(7-8-18-2)6-4-12(13)15-17/h3,5,9,17H,4,6-8H2,1-2H3,(H2,13,15). The topological polar surface area (TPSA) is 84.0 Å². The molecule has 0 fully saturated rings. The number of rotatable bonds is 7. The second-order valence-corrected chi connectivity index (χ2v) is 3.98. The number of methoxy groups -OCH3 is 1. The molecule has 0 aliphatic rings. The fourth-order valence-corrected chi connectivity index (χ4v) is 1.67. The molecular weight excluding hydrogens is 232 g/mol. The Bertz CT molecular complexity index is 395. The first-order valence-corrected chi connectivity index (χ1v) is 5.80. The van der Waals surface area contributed by atoms with Crippen molar-refractivity contribution in [3.63, 3.8) is 0 Å². The lowest BCUT2D eigenvalue weighted by Crippen LogP contribution is -2.31.